The highest BCUT2D eigenvalue weighted by Gasteiger charge is 2.31. The number of hydrogen-bond acceptors (Lipinski definition) is 4. The molecule has 1 aliphatic heterocycles. The third kappa shape index (κ3) is 3.68. The van der Waals surface area contributed by atoms with E-state index in [0.717, 1.165) is 17.5 Å². The van der Waals surface area contributed by atoms with E-state index in [0.29, 0.717) is 36.0 Å². The zero-order valence-corrected chi connectivity index (χ0v) is 16.3. The molecule has 0 saturated carbocycles. The molecular weight excluding hydrogens is 373 g/mol. The van der Waals surface area contributed by atoms with E-state index in [4.69, 9.17) is 9.47 Å². The predicted octanol–water partition coefficient (Wildman–Crippen LogP) is 4.28. The van der Waals surface area contributed by atoms with Gasteiger partial charge in [-0.2, -0.15) is 5.10 Å². The monoisotopic (exact) mass is 395 g/mol. The number of ether oxygens (including phenoxy) is 2. The first-order valence-corrected chi connectivity index (χ1v) is 9.55. The second-order valence-electron chi connectivity index (χ2n) is 6.90. The second-order valence-corrected chi connectivity index (χ2v) is 6.90. The number of benzene rings is 2. The van der Waals surface area contributed by atoms with E-state index < -0.39 is 0 Å². The summed E-state index contributed by atoms with van der Waals surface area (Å²) in [6, 6.07) is 11.7. The summed E-state index contributed by atoms with van der Waals surface area (Å²) in [6.07, 6.45) is 2.96. The Hall–Kier alpha value is -3.35. The van der Waals surface area contributed by atoms with E-state index in [2.05, 4.69) is 10.4 Å². The molecule has 4 rings (SSSR count). The van der Waals surface area contributed by atoms with E-state index in [9.17, 15) is 9.18 Å². The zero-order valence-electron chi connectivity index (χ0n) is 16.3. The summed E-state index contributed by atoms with van der Waals surface area (Å²) in [5.74, 6) is 1.33. The van der Waals surface area contributed by atoms with Crippen LogP contribution in [0.25, 0.3) is 5.69 Å². The standard InChI is InChI=1S/C22H22FN3O3/c1-3-10-29-19-9-4-14(11-20(19)28-2)17-12-21(27)25-22-18(17)13-24-26(22)16-7-5-15(23)6-8-16/h4-9,11,13,17H,3,10,12H2,1-2H3,(H,25,27)/t17-/m1/s1. The van der Waals surface area contributed by atoms with Crippen molar-refractivity contribution in [1.82, 2.24) is 9.78 Å². The van der Waals surface area contributed by atoms with Gasteiger partial charge in [-0.05, 0) is 48.4 Å². The lowest BCUT2D eigenvalue weighted by atomic mass is 9.87. The van der Waals surface area contributed by atoms with Gasteiger partial charge in [-0.25, -0.2) is 9.07 Å². The average molecular weight is 395 g/mol. The van der Waals surface area contributed by atoms with Gasteiger partial charge in [-0.15, -0.1) is 0 Å². The molecule has 29 heavy (non-hydrogen) atoms. The van der Waals surface area contributed by atoms with Crippen molar-refractivity contribution < 1.29 is 18.7 Å². The van der Waals surface area contributed by atoms with Gasteiger partial charge in [0.2, 0.25) is 5.91 Å². The summed E-state index contributed by atoms with van der Waals surface area (Å²) >= 11 is 0. The second kappa shape index (κ2) is 7.95. The number of hydrogen-bond donors (Lipinski definition) is 1. The fourth-order valence-corrected chi connectivity index (χ4v) is 3.53. The lowest BCUT2D eigenvalue weighted by Crippen LogP contribution is -2.24. The SMILES string of the molecule is CCCOc1ccc([C@H]2CC(=O)Nc3c2cnn3-c2ccc(F)cc2)cc1OC. The minimum Gasteiger partial charge on any atom is -0.493 e. The highest BCUT2D eigenvalue weighted by Crippen LogP contribution is 2.40. The molecule has 3 aromatic rings. The summed E-state index contributed by atoms with van der Waals surface area (Å²) in [5, 5.41) is 7.33. The van der Waals surface area contributed by atoms with Crippen LogP contribution < -0.4 is 14.8 Å². The molecule has 6 nitrogen and oxygen atoms in total. The Morgan fingerprint density at radius 2 is 2.00 bits per heavy atom. The van der Waals surface area contributed by atoms with Gasteiger partial charge in [-0.1, -0.05) is 13.0 Å². The van der Waals surface area contributed by atoms with Crippen LogP contribution in [-0.4, -0.2) is 29.4 Å². The van der Waals surface area contributed by atoms with Crippen molar-refractivity contribution in [3.05, 3.63) is 65.6 Å². The Labute approximate surface area is 168 Å². The highest BCUT2D eigenvalue weighted by molar-refractivity contribution is 5.94. The van der Waals surface area contributed by atoms with Gasteiger partial charge >= 0.3 is 0 Å². The van der Waals surface area contributed by atoms with Gasteiger partial charge in [0.05, 0.1) is 25.6 Å². The van der Waals surface area contributed by atoms with Crippen molar-refractivity contribution in [2.75, 3.05) is 19.0 Å². The smallest absolute Gasteiger partial charge is 0.226 e. The molecule has 0 aliphatic carbocycles. The van der Waals surface area contributed by atoms with Gasteiger partial charge in [0.1, 0.15) is 11.6 Å². The number of anilines is 1. The predicted molar refractivity (Wildman–Crippen MR) is 107 cm³/mol. The molecule has 2 heterocycles. The van der Waals surface area contributed by atoms with E-state index in [1.54, 1.807) is 30.1 Å². The van der Waals surface area contributed by atoms with Crippen LogP contribution in [0.5, 0.6) is 11.5 Å². The van der Waals surface area contributed by atoms with Crippen molar-refractivity contribution in [3.8, 4) is 17.2 Å². The number of fused-ring (bicyclic) bond motifs is 1. The van der Waals surface area contributed by atoms with Crippen molar-refractivity contribution in [2.24, 2.45) is 0 Å². The van der Waals surface area contributed by atoms with Crippen LogP contribution in [0.1, 0.15) is 36.8 Å². The molecule has 1 N–H and O–H groups in total. The summed E-state index contributed by atoms with van der Waals surface area (Å²) in [4.78, 5) is 12.4. The average Bonchev–Trinajstić information content (AvgIpc) is 3.15. The first-order chi connectivity index (χ1) is 14.1. The maximum absolute atomic E-state index is 13.3. The number of methoxy groups -OCH3 is 1. The number of halogens is 1. The van der Waals surface area contributed by atoms with Gasteiger partial charge in [-0.3, -0.25) is 4.79 Å². The molecule has 7 heteroatoms. The Morgan fingerprint density at radius 3 is 2.72 bits per heavy atom. The van der Waals surface area contributed by atoms with E-state index in [1.807, 2.05) is 25.1 Å². The van der Waals surface area contributed by atoms with Gasteiger partial charge in [0.25, 0.3) is 0 Å². The molecule has 0 radical (unpaired) electrons. The first-order valence-electron chi connectivity index (χ1n) is 9.55. The normalized spacial score (nSPS) is 15.6. The molecule has 150 valence electrons. The summed E-state index contributed by atoms with van der Waals surface area (Å²) in [6.45, 7) is 2.65. The molecular formula is C22H22FN3O3. The molecule has 0 saturated heterocycles. The van der Waals surface area contributed by atoms with Crippen LogP contribution in [-0.2, 0) is 4.79 Å². The van der Waals surface area contributed by atoms with Crippen LogP contribution in [0.3, 0.4) is 0 Å². The quantitative estimate of drug-likeness (QED) is 0.677. The number of carbonyl (C=O) groups excluding carboxylic acids is 1. The van der Waals surface area contributed by atoms with Crippen LogP contribution in [0.4, 0.5) is 10.2 Å². The number of aromatic nitrogens is 2. The van der Waals surface area contributed by atoms with E-state index in [-0.39, 0.29) is 17.6 Å². The topological polar surface area (TPSA) is 65.4 Å². The third-order valence-corrected chi connectivity index (χ3v) is 4.94. The number of nitrogens with zero attached hydrogens (tertiary/aromatic N) is 2. The first kappa shape index (κ1) is 19.0. The van der Waals surface area contributed by atoms with Crippen LogP contribution in [0, 0.1) is 5.82 Å². The molecule has 0 spiro atoms. The maximum atomic E-state index is 13.3. The highest BCUT2D eigenvalue weighted by atomic mass is 19.1. The Kier molecular flexibility index (Phi) is 5.20. The maximum Gasteiger partial charge on any atom is 0.226 e. The largest absolute Gasteiger partial charge is 0.493 e. The fourth-order valence-electron chi connectivity index (χ4n) is 3.53. The molecule has 0 bridgehead atoms. The fraction of sp³-hybridized carbons (Fsp3) is 0.273. The number of amides is 1. The Bertz CT molecular complexity index is 1030. The molecule has 0 unspecified atom stereocenters. The molecule has 1 aliphatic rings. The van der Waals surface area contributed by atoms with Crippen molar-refractivity contribution in [2.45, 2.75) is 25.7 Å². The molecule has 0 fully saturated rings. The van der Waals surface area contributed by atoms with Crippen LogP contribution in [0.2, 0.25) is 0 Å². The molecule has 1 atom stereocenters. The molecule has 2 aromatic carbocycles. The lowest BCUT2D eigenvalue weighted by molar-refractivity contribution is -0.116. The number of nitrogens with one attached hydrogen (secondary N) is 1. The molecule has 1 aromatic heterocycles. The van der Waals surface area contributed by atoms with Crippen LogP contribution in [0.15, 0.2) is 48.7 Å². The Balaban J connectivity index is 1.72. The van der Waals surface area contributed by atoms with Gasteiger partial charge < -0.3 is 14.8 Å². The summed E-state index contributed by atoms with van der Waals surface area (Å²) in [7, 11) is 1.60. The Morgan fingerprint density at radius 1 is 1.21 bits per heavy atom. The number of carbonyl (C=O) groups is 1. The van der Waals surface area contributed by atoms with Gasteiger partial charge in [0.15, 0.2) is 11.5 Å². The van der Waals surface area contributed by atoms with Crippen molar-refractivity contribution >= 4 is 11.7 Å². The lowest BCUT2D eigenvalue weighted by Gasteiger charge is -2.24. The van der Waals surface area contributed by atoms with Crippen molar-refractivity contribution in [1.29, 1.82) is 0 Å². The minimum atomic E-state index is -0.325. The summed E-state index contributed by atoms with van der Waals surface area (Å²) < 4.78 is 26.1. The van der Waals surface area contributed by atoms with Crippen molar-refractivity contribution in [3.63, 3.8) is 0 Å². The number of rotatable bonds is 6. The zero-order chi connectivity index (χ0) is 20.4. The van der Waals surface area contributed by atoms with E-state index in [1.165, 1.54) is 12.1 Å². The van der Waals surface area contributed by atoms with Crippen LogP contribution >= 0.6 is 0 Å². The summed E-state index contributed by atoms with van der Waals surface area (Å²) in [5.41, 5.74) is 2.52. The van der Waals surface area contributed by atoms with Gasteiger partial charge in [0, 0.05) is 17.9 Å². The molecule has 1 amide bonds. The van der Waals surface area contributed by atoms with E-state index >= 15 is 0 Å². The minimum absolute atomic E-state index is 0.100. The third-order valence-electron chi connectivity index (χ3n) is 4.94.